The van der Waals surface area contributed by atoms with Crippen LogP contribution in [0.1, 0.15) is 12.5 Å². The molecule has 0 aliphatic carbocycles. The van der Waals surface area contributed by atoms with Crippen molar-refractivity contribution in [2.75, 3.05) is 31.2 Å². The van der Waals surface area contributed by atoms with E-state index in [1.807, 2.05) is 35.9 Å². The number of thiazole rings is 1. The highest BCUT2D eigenvalue weighted by atomic mass is 79.9. The first kappa shape index (κ1) is 22.7. The lowest BCUT2D eigenvalue weighted by atomic mass is 10.1. The Bertz CT molecular complexity index is 1340. The Morgan fingerprint density at radius 1 is 1.03 bits per heavy atom. The Kier molecular flexibility index (Phi) is 6.99. The lowest BCUT2D eigenvalue weighted by molar-refractivity contribution is 0.122. The fourth-order valence-corrected chi connectivity index (χ4v) is 4.88. The predicted molar refractivity (Wildman–Crippen MR) is 142 cm³/mol. The molecule has 5 rings (SSSR count). The van der Waals surface area contributed by atoms with Gasteiger partial charge < -0.3 is 9.64 Å². The number of rotatable bonds is 5. The van der Waals surface area contributed by atoms with Crippen molar-refractivity contribution >= 4 is 44.4 Å². The zero-order chi connectivity index (χ0) is 23.3. The van der Waals surface area contributed by atoms with Gasteiger partial charge in [-0.05, 0) is 48.9 Å². The van der Waals surface area contributed by atoms with Gasteiger partial charge in [-0.1, -0.05) is 40.2 Å². The van der Waals surface area contributed by atoms with Crippen molar-refractivity contribution in [3.63, 3.8) is 0 Å². The van der Waals surface area contributed by atoms with Gasteiger partial charge in [0, 0.05) is 40.4 Å². The number of hydrogen-bond donors (Lipinski definition) is 0. The molecule has 1 aliphatic rings. The van der Waals surface area contributed by atoms with Gasteiger partial charge in [-0.25, -0.2) is 9.67 Å². The van der Waals surface area contributed by atoms with Gasteiger partial charge in [0.05, 0.1) is 36.5 Å². The van der Waals surface area contributed by atoms with Gasteiger partial charge in [0.15, 0.2) is 0 Å². The van der Waals surface area contributed by atoms with Crippen LogP contribution in [0.4, 0.5) is 11.4 Å². The lowest BCUT2D eigenvalue weighted by Crippen LogP contribution is -2.36. The number of ether oxygens (including phenoxy) is 1. The molecule has 3 heterocycles. The van der Waals surface area contributed by atoms with Crippen LogP contribution in [-0.2, 0) is 4.74 Å². The molecule has 172 valence electrons. The standard InChI is InChI=1S/C26H24BrN5OS/c1-19(20-6-10-24(11-7-20)31-13-15-33-16-14-31)30-32-25(21-4-8-22(27)9-5-21)18-34-26(32)29-23-3-2-12-28-17-23/h2-12,17-18H,13-16H2,1H3. The molecule has 2 aromatic carbocycles. The van der Waals surface area contributed by atoms with Crippen LogP contribution in [0, 0.1) is 0 Å². The smallest absolute Gasteiger partial charge is 0.211 e. The minimum atomic E-state index is 0.777. The van der Waals surface area contributed by atoms with Crippen molar-refractivity contribution in [3.05, 3.63) is 93.3 Å². The molecule has 0 saturated carbocycles. The number of morpholine rings is 1. The fraction of sp³-hybridized carbons (Fsp3) is 0.192. The van der Waals surface area contributed by atoms with Crippen LogP contribution in [0.25, 0.3) is 11.3 Å². The number of anilines is 1. The summed E-state index contributed by atoms with van der Waals surface area (Å²) in [6.45, 7) is 5.44. The molecule has 6 nitrogen and oxygen atoms in total. The van der Waals surface area contributed by atoms with E-state index in [0.29, 0.717) is 0 Å². The van der Waals surface area contributed by atoms with Crippen molar-refractivity contribution in [2.24, 2.45) is 10.1 Å². The van der Waals surface area contributed by atoms with Crippen molar-refractivity contribution in [2.45, 2.75) is 6.92 Å². The summed E-state index contributed by atoms with van der Waals surface area (Å²) in [5.74, 6) is 0. The molecule has 0 atom stereocenters. The minimum Gasteiger partial charge on any atom is -0.378 e. The summed E-state index contributed by atoms with van der Waals surface area (Å²) >= 11 is 5.08. The number of nitrogens with zero attached hydrogens (tertiary/aromatic N) is 5. The summed E-state index contributed by atoms with van der Waals surface area (Å²) in [5, 5.41) is 7.10. The summed E-state index contributed by atoms with van der Waals surface area (Å²) in [5.41, 5.74) is 6.06. The number of benzene rings is 2. The highest BCUT2D eigenvalue weighted by Crippen LogP contribution is 2.24. The van der Waals surface area contributed by atoms with Crippen molar-refractivity contribution in [1.82, 2.24) is 9.66 Å². The van der Waals surface area contributed by atoms with Gasteiger partial charge in [0.1, 0.15) is 0 Å². The molecule has 1 fully saturated rings. The van der Waals surface area contributed by atoms with Gasteiger partial charge in [-0.2, -0.15) is 5.10 Å². The molecule has 0 bridgehead atoms. The Balaban J connectivity index is 1.53. The summed E-state index contributed by atoms with van der Waals surface area (Å²) in [6, 6.07) is 20.7. The SMILES string of the molecule is CC(=Nn1c(-c2ccc(Br)cc2)csc1=Nc1cccnc1)c1ccc(N2CCOCC2)cc1. The van der Waals surface area contributed by atoms with Crippen LogP contribution in [0.5, 0.6) is 0 Å². The molecule has 0 N–H and O–H groups in total. The Labute approximate surface area is 211 Å². The van der Waals surface area contributed by atoms with E-state index in [1.54, 1.807) is 23.7 Å². The maximum absolute atomic E-state index is 5.47. The molecule has 1 saturated heterocycles. The molecule has 34 heavy (non-hydrogen) atoms. The van der Waals surface area contributed by atoms with E-state index in [-0.39, 0.29) is 0 Å². The average Bonchev–Trinajstić information content (AvgIpc) is 3.27. The van der Waals surface area contributed by atoms with E-state index in [2.05, 4.69) is 67.6 Å². The zero-order valence-electron chi connectivity index (χ0n) is 18.8. The quantitative estimate of drug-likeness (QED) is 0.308. The van der Waals surface area contributed by atoms with Crippen molar-refractivity contribution < 1.29 is 4.74 Å². The average molecular weight is 534 g/mol. The zero-order valence-corrected chi connectivity index (χ0v) is 21.2. The Morgan fingerprint density at radius 2 is 1.79 bits per heavy atom. The summed E-state index contributed by atoms with van der Waals surface area (Å²) in [4.78, 5) is 12.1. The van der Waals surface area contributed by atoms with Crippen LogP contribution in [-0.4, -0.2) is 41.7 Å². The normalized spacial score (nSPS) is 15.1. The molecule has 0 unspecified atom stereocenters. The number of hydrogen-bond acceptors (Lipinski definition) is 6. The molecule has 4 aromatic rings. The molecular formula is C26H24BrN5OS. The van der Waals surface area contributed by atoms with Gasteiger partial charge in [0.25, 0.3) is 0 Å². The van der Waals surface area contributed by atoms with E-state index < -0.39 is 0 Å². The number of aromatic nitrogens is 2. The van der Waals surface area contributed by atoms with Crippen molar-refractivity contribution in [3.8, 4) is 11.3 Å². The van der Waals surface area contributed by atoms with Gasteiger partial charge in [-0.3, -0.25) is 4.98 Å². The number of halogens is 1. The van der Waals surface area contributed by atoms with Crippen molar-refractivity contribution in [1.29, 1.82) is 0 Å². The first-order valence-corrected chi connectivity index (χ1v) is 12.7. The molecule has 0 radical (unpaired) electrons. The first-order chi connectivity index (χ1) is 16.7. The second-order valence-electron chi connectivity index (χ2n) is 7.88. The Morgan fingerprint density at radius 3 is 2.50 bits per heavy atom. The third kappa shape index (κ3) is 5.19. The highest BCUT2D eigenvalue weighted by molar-refractivity contribution is 9.10. The van der Waals surface area contributed by atoms with E-state index in [0.717, 1.165) is 63.8 Å². The molecular weight excluding hydrogens is 510 g/mol. The lowest BCUT2D eigenvalue weighted by Gasteiger charge is -2.28. The molecule has 0 spiro atoms. The maximum Gasteiger partial charge on any atom is 0.211 e. The highest BCUT2D eigenvalue weighted by Gasteiger charge is 2.12. The van der Waals surface area contributed by atoms with Gasteiger partial charge in [0.2, 0.25) is 4.80 Å². The summed E-state index contributed by atoms with van der Waals surface area (Å²) in [7, 11) is 0. The second-order valence-corrected chi connectivity index (χ2v) is 9.63. The first-order valence-electron chi connectivity index (χ1n) is 11.1. The topological polar surface area (TPSA) is 55.0 Å². The van der Waals surface area contributed by atoms with Gasteiger partial charge >= 0.3 is 0 Å². The molecule has 0 amide bonds. The maximum atomic E-state index is 5.47. The monoisotopic (exact) mass is 533 g/mol. The van der Waals surface area contributed by atoms with Crippen LogP contribution in [0.3, 0.4) is 0 Å². The van der Waals surface area contributed by atoms with Crippen LogP contribution >= 0.6 is 27.3 Å². The predicted octanol–water partition coefficient (Wildman–Crippen LogP) is 5.72. The minimum absolute atomic E-state index is 0.777. The van der Waals surface area contributed by atoms with E-state index in [1.165, 1.54) is 5.69 Å². The summed E-state index contributed by atoms with van der Waals surface area (Å²) in [6.07, 6.45) is 3.50. The molecule has 2 aromatic heterocycles. The second kappa shape index (κ2) is 10.5. The van der Waals surface area contributed by atoms with Crippen LogP contribution < -0.4 is 9.70 Å². The van der Waals surface area contributed by atoms with E-state index in [9.17, 15) is 0 Å². The van der Waals surface area contributed by atoms with E-state index >= 15 is 0 Å². The molecule has 1 aliphatic heterocycles. The Hall–Kier alpha value is -3.07. The van der Waals surface area contributed by atoms with E-state index in [4.69, 9.17) is 14.8 Å². The third-order valence-electron chi connectivity index (χ3n) is 5.61. The van der Waals surface area contributed by atoms with Crippen LogP contribution in [0.15, 0.2) is 93.0 Å². The summed E-state index contributed by atoms with van der Waals surface area (Å²) < 4.78 is 8.43. The van der Waals surface area contributed by atoms with Crippen LogP contribution in [0.2, 0.25) is 0 Å². The number of pyridine rings is 1. The third-order valence-corrected chi connectivity index (χ3v) is 6.95. The molecule has 8 heteroatoms. The fourth-order valence-electron chi connectivity index (χ4n) is 3.77. The van der Waals surface area contributed by atoms with Gasteiger partial charge in [-0.15, -0.1) is 11.3 Å². The largest absolute Gasteiger partial charge is 0.378 e.